The molecule has 6 rings (SSSR count). The number of benzene rings is 2. The maximum atomic E-state index is 15.2. The van der Waals surface area contributed by atoms with E-state index in [-0.39, 0.29) is 63.0 Å². The smallest absolute Gasteiger partial charge is 0.351 e. The number of carbonyl (C=O) groups is 11. The Morgan fingerprint density at radius 3 is 1.82 bits per heavy atom. The lowest BCUT2D eigenvalue weighted by Gasteiger charge is -2.40. The quantitative estimate of drug-likeness (QED) is 0.274. The van der Waals surface area contributed by atoms with Crippen molar-refractivity contribution in [3.8, 4) is 0 Å². The molecule has 4 aliphatic rings. The molecule has 4 fully saturated rings. The molecular formula is C64H90Cl2F3N11O11. The van der Waals surface area contributed by atoms with Gasteiger partial charge in [-0.2, -0.15) is 13.2 Å². The second kappa shape index (κ2) is 31.5. The summed E-state index contributed by atoms with van der Waals surface area (Å²) in [6.07, 6.45) is -0.134. The summed E-state index contributed by atoms with van der Waals surface area (Å²) in [7, 11) is 8.33. The maximum Gasteiger partial charge on any atom is 0.417 e. The number of carbonyl (C=O) groups excluding carboxylic acids is 11. The van der Waals surface area contributed by atoms with Crippen LogP contribution in [0.2, 0.25) is 10.0 Å². The summed E-state index contributed by atoms with van der Waals surface area (Å²) in [6.45, 7) is 7.00. The summed E-state index contributed by atoms with van der Waals surface area (Å²) >= 11 is 12.3. The molecule has 22 nitrogen and oxygen atoms in total. The molecule has 0 bridgehead atoms. The van der Waals surface area contributed by atoms with Gasteiger partial charge in [-0.15, -0.1) is 0 Å². The van der Waals surface area contributed by atoms with E-state index in [2.05, 4.69) is 21.3 Å². The minimum Gasteiger partial charge on any atom is -0.351 e. The topological polar surface area (TPSA) is 259 Å². The van der Waals surface area contributed by atoms with Gasteiger partial charge in [0.1, 0.15) is 47.8 Å². The molecule has 11 amide bonds. The van der Waals surface area contributed by atoms with E-state index in [1.54, 1.807) is 38.1 Å². The summed E-state index contributed by atoms with van der Waals surface area (Å²) in [6, 6.07) is 0.236. The van der Waals surface area contributed by atoms with Gasteiger partial charge in [0.05, 0.1) is 23.7 Å². The first-order valence-corrected chi connectivity index (χ1v) is 32.1. The fourth-order valence-corrected chi connectivity index (χ4v) is 13.1. The van der Waals surface area contributed by atoms with Crippen molar-refractivity contribution >= 4 is 88.2 Å². The normalized spacial score (nSPS) is 26.7. The molecule has 27 heteroatoms. The molecule has 91 heavy (non-hydrogen) atoms. The Balaban J connectivity index is 1.38. The summed E-state index contributed by atoms with van der Waals surface area (Å²) in [5.74, 6) is -7.92. The van der Waals surface area contributed by atoms with Crippen molar-refractivity contribution < 1.29 is 65.9 Å². The molecule has 2 saturated heterocycles. The molecule has 4 N–H and O–H groups in total. The van der Waals surface area contributed by atoms with Crippen molar-refractivity contribution in [2.75, 3.05) is 61.9 Å². The average Bonchev–Trinajstić information content (AvgIpc) is 1.80. The molecule has 502 valence electrons. The minimum atomic E-state index is -4.76. The molecule has 2 saturated carbocycles. The molecule has 2 aromatic carbocycles. The Kier molecular flexibility index (Phi) is 25.3. The van der Waals surface area contributed by atoms with Crippen LogP contribution in [0.1, 0.15) is 135 Å². The zero-order valence-corrected chi connectivity index (χ0v) is 55.6. The lowest BCUT2D eigenvalue weighted by Crippen LogP contribution is -2.64. The zero-order valence-electron chi connectivity index (χ0n) is 54.1. The molecule has 0 aromatic heterocycles. The highest BCUT2D eigenvalue weighted by molar-refractivity contribution is 6.31. The standard InChI is InChI=1S/C64H90Cl2F3N11O11/c1-12-37(2)53-61(90)75(7)35-51(82)74(6)36-52(83)78(10)49(34-42-21-25-44(65)26-22-42)60(89)77(9)40(5)55(84)71-47(28-24-41-23-27-45(46(66)33-41)64(67,68)69)59(88)80-31-17-20-48(80)57(86)73-63(29-15-16-30-63)62(91)79(11)54(43-18-13-14-19-43)58(87)70-38(3)32-50(81)76(8)39(4)56(85)72-53/h21-23,25-27,33,37-40,43,47-49,53-54H,12-20,24,28-32,34-36H2,1-11H3,(H,70,87)(H,71,84)(H,72,85)(H,73,86)/t37-,38+,39-,40+,47-,48?,49-,53-,54-/m0/s1. The number of hydrogen-bond donors (Lipinski definition) is 4. The van der Waals surface area contributed by atoms with E-state index in [1.165, 1.54) is 76.9 Å². The predicted molar refractivity (Wildman–Crippen MR) is 334 cm³/mol. The fraction of sp³-hybridized carbons (Fsp3) is 0.641. The summed E-state index contributed by atoms with van der Waals surface area (Å²) < 4.78 is 41.4. The lowest BCUT2D eigenvalue weighted by molar-refractivity contribution is -0.150. The predicted octanol–water partition coefficient (Wildman–Crippen LogP) is 4.99. The number of hydrogen-bond acceptors (Lipinski definition) is 11. The van der Waals surface area contributed by atoms with E-state index < -0.39 is 155 Å². The number of aryl methyl sites for hydroxylation is 1. The first-order valence-electron chi connectivity index (χ1n) is 31.4. The van der Waals surface area contributed by atoms with Crippen molar-refractivity contribution in [1.29, 1.82) is 0 Å². The third kappa shape index (κ3) is 18.0. The SMILES string of the molecule is CC[C@H](C)[C@@H]1NC(=O)[C@H](C)N(C)C(=O)C[C@@H](C)NC(=O)[C@H](C2CCCC2)N(C)C(=O)C2(CCCC2)NC(=O)C2CCCN2C(=O)[C@H](CCc2ccc(C(F)(F)F)c(Cl)c2)NC(=O)[C@@H](C)N(C)C(=O)[C@H](Cc2ccc(Cl)cc2)N(C)C(=O)CN(C)C(=O)CN(C)C1=O. The van der Waals surface area contributed by atoms with Gasteiger partial charge in [-0.1, -0.05) is 87.4 Å². The Hall–Kier alpha value is -7.02. The third-order valence-electron chi connectivity index (χ3n) is 18.9. The van der Waals surface area contributed by atoms with Crippen LogP contribution in [0.25, 0.3) is 0 Å². The Bertz CT molecular complexity index is 3020. The van der Waals surface area contributed by atoms with Crippen LogP contribution < -0.4 is 21.3 Å². The third-order valence-corrected chi connectivity index (χ3v) is 19.5. The van der Waals surface area contributed by atoms with E-state index in [0.29, 0.717) is 49.1 Å². The number of halogens is 5. The van der Waals surface area contributed by atoms with Gasteiger partial charge in [-0.3, -0.25) is 52.7 Å². The summed E-state index contributed by atoms with van der Waals surface area (Å²) in [4.78, 5) is 168. The van der Waals surface area contributed by atoms with Gasteiger partial charge in [-0.25, -0.2) is 0 Å². The average molecular weight is 1320 g/mol. The van der Waals surface area contributed by atoms with Crippen LogP contribution >= 0.6 is 23.2 Å². The van der Waals surface area contributed by atoms with Gasteiger partial charge in [0.2, 0.25) is 65.0 Å². The highest BCUT2D eigenvalue weighted by Crippen LogP contribution is 2.38. The monoisotopic (exact) mass is 1320 g/mol. The van der Waals surface area contributed by atoms with E-state index in [4.69, 9.17) is 23.2 Å². The number of alkyl halides is 3. The highest BCUT2D eigenvalue weighted by atomic mass is 35.5. The lowest BCUT2D eigenvalue weighted by atomic mass is 9.90. The molecule has 2 aliphatic heterocycles. The highest BCUT2D eigenvalue weighted by Gasteiger charge is 2.50. The number of nitrogens with one attached hydrogen (secondary N) is 4. The van der Waals surface area contributed by atoms with Gasteiger partial charge in [0.15, 0.2) is 0 Å². The van der Waals surface area contributed by atoms with Crippen LogP contribution in [0, 0.1) is 11.8 Å². The van der Waals surface area contributed by atoms with Crippen LogP contribution in [0.5, 0.6) is 0 Å². The second-order valence-corrected chi connectivity index (χ2v) is 26.2. The Morgan fingerprint density at radius 1 is 0.626 bits per heavy atom. The van der Waals surface area contributed by atoms with E-state index in [0.717, 1.165) is 44.6 Å². The van der Waals surface area contributed by atoms with Crippen molar-refractivity contribution in [2.45, 2.75) is 191 Å². The van der Waals surface area contributed by atoms with Crippen LogP contribution in [-0.2, 0) is 71.8 Å². The minimum absolute atomic E-state index is 0.0394. The molecule has 1 unspecified atom stereocenters. The molecule has 1 spiro atoms. The Morgan fingerprint density at radius 2 is 1.22 bits per heavy atom. The summed E-state index contributed by atoms with van der Waals surface area (Å²) in [5.41, 5.74) is -1.72. The maximum absolute atomic E-state index is 15.2. The van der Waals surface area contributed by atoms with Crippen LogP contribution in [0.4, 0.5) is 13.2 Å². The summed E-state index contributed by atoms with van der Waals surface area (Å²) in [5, 5.41) is 11.3. The molecular weight excluding hydrogens is 1230 g/mol. The zero-order chi connectivity index (χ0) is 67.6. The van der Waals surface area contributed by atoms with Gasteiger partial charge >= 0.3 is 6.18 Å². The molecule has 2 heterocycles. The molecule has 2 aliphatic carbocycles. The molecule has 0 radical (unpaired) electrons. The largest absolute Gasteiger partial charge is 0.417 e. The van der Waals surface area contributed by atoms with E-state index in [9.17, 15) is 56.3 Å². The van der Waals surface area contributed by atoms with E-state index >= 15 is 9.59 Å². The van der Waals surface area contributed by atoms with Crippen LogP contribution in [0.15, 0.2) is 42.5 Å². The van der Waals surface area contributed by atoms with Gasteiger partial charge < -0.3 is 55.6 Å². The van der Waals surface area contributed by atoms with Crippen LogP contribution in [0.3, 0.4) is 0 Å². The first-order chi connectivity index (χ1) is 42.7. The van der Waals surface area contributed by atoms with Crippen molar-refractivity contribution in [3.63, 3.8) is 0 Å². The Labute approximate surface area is 541 Å². The second-order valence-electron chi connectivity index (χ2n) is 25.4. The number of fused-ring (bicyclic) bond motifs is 1. The van der Waals surface area contributed by atoms with Gasteiger partial charge in [-0.05, 0) is 119 Å². The number of rotatable bonds is 8. The fourth-order valence-electron chi connectivity index (χ4n) is 12.6. The number of likely N-dealkylation sites (N-methyl/N-ethyl adjacent to an activating group) is 6. The van der Waals surface area contributed by atoms with Crippen LogP contribution in [-0.4, -0.2) is 215 Å². The number of nitrogens with zero attached hydrogens (tertiary/aromatic N) is 7. The molecule has 2 aromatic rings. The van der Waals surface area contributed by atoms with Gasteiger partial charge in [0, 0.05) is 72.7 Å². The van der Waals surface area contributed by atoms with Crippen molar-refractivity contribution in [3.05, 3.63) is 69.2 Å². The first kappa shape index (κ1) is 73.0. The number of amides is 11. The molecule has 9 atom stereocenters. The van der Waals surface area contributed by atoms with Crippen molar-refractivity contribution in [2.24, 2.45) is 11.8 Å². The van der Waals surface area contributed by atoms with Crippen molar-refractivity contribution in [1.82, 2.24) is 55.6 Å². The van der Waals surface area contributed by atoms with Gasteiger partial charge in [0.25, 0.3) is 0 Å². The van der Waals surface area contributed by atoms with E-state index in [1.807, 2.05) is 6.92 Å².